The molecule has 0 aliphatic carbocycles. The molecule has 4 heteroatoms. The molecule has 0 rings (SSSR count). The molecule has 0 aliphatic rings. The summed E-state index contributed by atoms with van der Waals surface area (Å²) in [4.78, 5) is 10.7. The van der Waals surface area contributed by atoms with Crippen molar-refractivity contribution >= 4 is 5.97 Å². The van der Waals surface area contributed by atoms with Gasteiger partial charge in [-0.3, -0.25) is 0 Å². The first-order valence-corrected chi connectivity index (χ1v) is 7.14. The van der Waals surface area contributed by atoms with Crippen molar-refractivity contribution < 1.29 is 19.5 Å². The number of likely N-dealkylation sites (N-methyl/N-ethyl adjacent to an activating group) is 1. The fraction of sp³-hybridized carbons (Fsp3) is 0.800. The van der Waals surface area contributed by atoms with Gasteiger partial charge in [-0.15, -0.1) is 0 Å². The van der Waals surface area contributed by atoms with Gasteiger partial charge in [-0.25, -0.2) is 0 Å². The largest absolute Gasteiger partial charge is 0.550 e. The Hall–Kier alpha value is -0.870. The highest BCUT2D eigenvalue weighted by atomic mass is 16.4. The molecule has 112 valence electrons. The number of carbonyl (C=O) groups excluding carboxylic acids is 1. The van der Waals surface area contributed by atoms with E-state index in [0.717, 1.165) is 25.8 Å². The van der Waals surface area contributed by atoms with Crippen LogP contribution in [-0.2, 0) is 4.79 Å². The number of allylic oxidation sites excluding steroid dienone is 2. The zero-order chi connectivity index (χ0) is 14.9. The van der Waals surface area contributed by atoms with Crippen molar-refractivity contribution in [3.63, 3.8) is 0 Å². The first-order valence-electron chi connectivity index (χ1n) is 7.14. The van der Waals surface area contributed by atoms with Crippen molar-refractivity contribution in [2.75, 3.05) is 27.2 Å². The van der Waals surface area contributed by atoms with Crippen LogP contribution in [0.25, 0.3) is 0 Å². The Morgan fingerprint density at radius 2 is 1.95 bits per heavy atom. The lowest BCUT2D eigenvalue weighted by Crippen LogP contribution is -2.47. The molecular formula is C15H29NO3. The van der Waals surface area contributed by atoms with Crippen LogP contribution in [0.5, 0.6) is 0 Å². The third-order valence-corrected chi connectivity index (χ3v) is 3.34. The first-order chi connectivity index (χ1) is 8.78. The zero-order valence-electron chi connectivity index (χ0n) is 12.8. The van der Waals surface area contributed by atoms with Gasteiger partial charge >= 0.3 is 0 Å². The topological polar surface area (TPSA) is 60.4 Å². The smallest absolute Gasteiger partial charge is 0.105 e. The highest BCUT2D eigenvalue weighted by Gasteiger charge is 2.21. The molecule has 0 aliphatic heterocycles. The number of hydrogen-bond donors (Lipinski definition) is 1. The second-order valence-corrected chi connectivity index (χ2v) is 5.96. The van der Waals surface area contributed by atoms with Gasteiger partial charge in [-0.05, 0) is 19.3 Å². The molecule has 2 unspecified atom stereocenters. The summed E-state index contributed by atoms with van der Waals surface area (Å²) in [5, 5.41) is 20.6. The Morgan fingerprint density at radius 3 is 2.47 bits per heavy atom. The van der Waals surface area contributed by atoms with Gasteiger partial charge in [0.1, 0.15) is 12.6 Å². The number of quaternary nitrogens is 1. The molecule has 0 aromatic heterocycles. The van der Waals surface area contributed by atoms with Crippen LogP contribution in [-0.4, -0.2) is 48.8 Å². The quantitative estimate of drug-likeness (QED) is 0.475. The number of aliphatic hydroxyl groups excluding tert-OH is 1. The molecule has 1 N–H and O–H groups in total. The number of aliphatic carboxylic acids is 1. The number of aliphatic hydroxyl groups is 1. The van der Waals surface area contributed by atoms with Gasteiger partial charge in [-0.2, -0.15) is 0 Å². The second-order valence-electron chi connectivity index (χ2n) is 5.96. The molecule has 19 heavy (non-hydrogen) atoms. The van der Waals surface area contributed by atoms with E-state index in [1.807, 2.05) is 14.1 Å². The fourth-order valence-electron chi connectivity index (χ4n) is 1.99. The van der Waals surface area contributed by atoms with Gasteiger partial charge < -0.3 is 19.5 Å². The van der Waals surface area contributed by atoms with Crippen LogP contribution in [0.15, 0.2) is 12.2 Å². The summed E-state index contributed by atoms with van der Waals surface area (Å²) in [7, 11) is 4.04. The van der Waals surface area contributed by atoms with Crippen LogP contribution in [0.4, 0.5) is 0 Å². The SMILES string of the molecule is CC/C=C/CCC(O)C[N+](C)(C)CCC(C)C(=O)[O-]. The Morgan fingerprint density at radius 1 is 1.32 bits per heavy atom. The number of carbonyl (C=O) groups is 1. The molecule has 0 aromatic carbocycles. The average Bonchev–Trinajstić information content (AvgIpc) is 2.31. The summed E-state index contributed by atoms with van der Waals surface area (Å²) < 4.78 is 0.635. The molecule has 0 bridgehead atoms. The van der Waals surface area contributed by atoms with E-state index >= 15 is 0 Å². The third-order valence-electron chi connectivity index (χ3n) is 3.34. The van der Waals surface area contributed by atoms with Gasteiger partial charge in [0.05, 0.1) is 20.6 Å². The number of rotatable bonds is 10. The van der Waals surface area contributed by atoms with Crippen LogP contribution in [0.3, 0.4) is 0 Å². The van der Waals surface area contributed by atoms with Crippen molar-refractivity contribution in [2.45, 2.75) is 45.6 Å². The summed E-state index contributed by atoms with van der Waals surface area (Å²) in [6.45, 7) is 5.14. The maximum absolute atomic E-state index is 10.7. The Labute approximate surface area is 117 Å². The van der Waals surface area contributed by atoms with E-state index < -0.39 is 11.9 Å². The maximum Gasteiger partial charge on any atom is 0.105 e. The normalized spacial score (nSPS) is 15.6. The molecule has 0 amide bonds. The molecule has 0 saturated carbocycles. The minimum atomic E-state index is -0.995. The van der Waals surface area contributed by atoms with Crippen LogP contribution >= 0.6 is 0 Å². The maximum atomic E-state index is 10.7. The number of nitrogens with zero attached hydrogens (tertiary/aromatic N) is 1. The van der Waals surface area contributed by atoms with Crippen molar-refractivity contribution in [2.24, 2.45) is 5.92 Å². The van der Waals surface area contributed by atoms with Crippen LogP contribution in [0.1, 0.15) is 39.5 Å². The molecular weight excluding hydrogens is 242 g/mol. The van der Waals surface area contributed by atoms with E-state index in [-0.39, 0.29) is 6.10 Å². The number of hydrogen-bond acceptors (Lipinski definition) is 3. The van der Waals surface area contributed by atoms with E-state index in [1.54, 1.807) is 6.92 Å². The zero-order valence-corrected chi connectivity index (χ0v) is 12.8. The van der Waals surface area contributed by atoms with Crippen molar-refractivity contribution in [1.29, 1.82) is 0 Å². The number of carboxylic acids is 1. The second kappa shape index (κ2) is 9.10. The summed E-state index contributed by atoms with van der Waals surface area (Å²) in [5.74, 6) is -1.42. The monoisotopic (exact) mass is 271 g/mol. The minimum absolute atomic E-state index is 0.338. The fourth-order valence-corrected chi connectivity index (χ4v) is 1.99. The van der Waals surface area contributed by atoms with Gasteiger partial charge in [0.15, 0.2) is 0 Å². The molecule has 0 radical (unpaired) electrons. The van der Waals surface area contributed by atoms with Gasteiger partial charge in [-0.1, -0.05) is 26.0 Å². The molecule has 2 atom stereocenters. The van der Waals surface area contributed by atoms with Crippen molar-refractivity contribution in [3.8, 4) is 0 Å². The van der Waals surface area contributed by atoms with E-state index in [2.05, 4.69) is 19.1 Å². The standard InChI is InChI=1S/C15H29NO3/c1-5-6-7-8-9-14(17)12-16(3,4)11-10-13(2)15(18)19/h6-7,13-14,17H,5,8-12H2,1-4H3/b7-6+. The van der Waals surface area contributed by atoms with Crippen LogP contribution in [0.2, 0.25) is 0 Å². The Balaban J connectivity index is 3.99. The van der Waals surface area contributed by atoms with E-state index in [0.29, 0.717) is 17.4 Å². The van der Waals surface area contributed by atoms with E-state index in [1.165, 1.54) is 0 Å². The lowest BCUT2D eigenvalue weighted by molar-refractivity contribution is -0.893. The van der Waals surface area contributed by atoms with Gasteiger partial charge in [0.25, 0.3) is 0 Å². The van der Waals surface area contributed by atoms with E-state index in [4.69, 9.17) is 0 Å². The first kappa shape index (κ1) is 18.1. The lowest BCUT2D eigenvalue weighted by Gasteiger charge is -2.33. The summed E-state index contributed by atoms with van der Waals surface area (Å²) >= 11 is 0. The highest BCUT2D eigenvalue weighted by molar-refractivity contribution is 5.66. The molecule has 0 heterocycles. The third kappa shape index (κ3) is 9.68. The summed E-state index contributed by atoms with van der Waals surface area (Å²) in [6.07, 6.45) is 7.12. The van der Waals surface area contributed by atoms with Gasteiger partial charge in [0, 0.05) is 18.3 Å². The predicted octanol–water partition coefficient (Wildman–Crippen LogP) is 0.946. The number of carboxylic acid groups (broad SMARTS) is 1. The Bertz CT molecular complexity index is 287. The van der Waals surface area contributed by atoms with Crippen molar-refractivity contribution in [1.82, 2.24) is 0 Å². The van der Waals surface area contributed by atoms with Gasteiger partial charge in [0.2, 0.25) is 0 Å². The Kier molecular flexibility index (Phi) is 8.68. The molecule has 0 fully saturated rings. The molecule has 0 aromatic rings. The molecule has 0 spiro atoms. The van der Waals surface area contributed by atoms with Crippen LogP contribution < -0.4 is 5.11 Å². The molecule has 4 nitrogen and oxygen atoms in total. The average molecular weight is 271 g/mol. The van der Waals surface area contributed by atoms with Crippen molar-refractivity contribution in [3.05, 3.63) is 12.2 Å². The highest BCUT2D eigenvalue weighted by Crippen LogP contribution is 2.10. The lowest BCUT2D eigenvalue weighted by atomic mass is 10.1. The predicted molar refractivity (Wildman–Crippen MR) is 75.3 cm³/mol. The molecule has 0 saturated heterocycles. The van der Waals surface area contributed by atoms with Crippen LogP contribution in [0, 0.1) is 5.92 Å². The van der Waals surface area contributed by atoms with E-state index in [9.17, 15) is 15.0 Å². The summed E-state index contributed by atoms with van der Waals surface area (Å²) in [5.41, 5.74) is 0. The minimum Gasteiger partial charge on any atom is -0.550 e. The summed E-state index contributed by atoms with van der Waals surface area (Å²) in [6, 6.07) is 0.